The molecule has 0 spiro atoms. The molecular weight excluding hydrogens is 681 g/mol. The first-order valence-corrected chi connectivity index (χ1v) is 18.0. The van der Waals surface area contributed by atoms with Gasteiger partial charge in [0.05, 0.1) is 33.1 Å². The van der Waals surface area contributed by atoms with E-state index in [-0.39, 0.29) is 11.8 Å². The van der Waals surface area contributed by atoms with E-state index in [0.717, 1.165) is 32.4 Å². The molecule has 0 unspecified atom stereocenters. The summed E-state index contributed by atoms with van der Waals surface area (Å²) in [6.07, 6.45) is 5.75. The zero-order valence-electron chi connectivity index (χ0n) is 26.4. The molecule has 7 nitrogen and oxygen atoms in total. The smallest absolute Gasteiger partial charge is 0.255 e. The van der Waals surface area contributed by atoms with E-state index in [4.69, 9.17) is 11.5 Å². The number of aromatic nitrogens is 1. The van der Waals surface area contributed by atoms with Gasteiger partial charge in [0.1, 0.15) is 0 Å². The standard InChI is InChI=1S/C20H16F2N2OS.C17H15N3OS2/c1-26-15-6-2-12(3-7-15)20(25)24-19-11-14(5-9-18(19)23)13-4-8-16(21)17(22)10-13;1-22-13-5-2-11(3-6-13)17(21)20-15-8-12(4-7-14(15)18)16-9-19-10-23-16/h2-11H,23H2,1H3,(H,24,25);2-10H,18H2,1H3,(H,20,21). The van der Waals surface area contributed by atoms with E-state index < -0.39 is 11.6 Å². The van der Waals surface area contributed by atoms with Gasteiger partial charge in [-0.2, -0.15) is 0 Å². The largest absolute Gasteiger partial charge is 0.397 e. The van der Waals surface area contributed by atoms with E-state index >= 15 is 0 Å². The Labute approximate surface area is 295 Å². The van der Waals surface area contributed by atoms with Crippen LogP contribution in [0.1, 0.15) is 20.7 Å². The second-order valence-electron chi connectivity index (χ2n) is 10.5. The Bertz CT molecular complexity index is 2070. The van der Waals surface area contributed by atoms with Crippen LogP contribution in [0.15, 0.2) is 125 Å². The lowest BCUT2D eigenvalue weighted by molar-refractivity contribution is 0.101. The predicted octanol–water partition coefficient (Wildman–Crippen LogP) is 9.55. The summed E-state index contributed by atoms with van der Waals surface area (Å²) in [6.45, 7) is 0. The first kappa shape index (κ1) is 35.1. The molecule has 1 aromatic heterocycles. The lowest BCUT2D eigenvalue weighted by Gasteiger charge is -2.11. The lowest BCUT2D eigenvalue weighted by Crippen LogP contribution is -2.13. The van der Waals surface area contributed by atoms with Crippen LogP contribution in [0.3, 0.4) is 0 Å². The highest BCUT2D eigenvalue weighted by molar-refractivity contribution is 7.98. The molecule has 12 heteroatoms. The predicted molar refractivity (Wildman–Crippen MR) is 201 cm³/mol. The normalized spacial score (nSPS) is 10.5. The molecule has 6 N–H and O–H groups in total. The number of nitrogens with two attached hydrogens (primary N) is 2. The number of nitrogens with zero attached hydrogens (tertiary/aromatic N) is 1. The fourth-order valence-electron chi connectivity index (χ4n) is 4.57. The summed E-state index contributed by atoms with van der Waals surface area (Å²) in [4.78, 5) is 32.1. The quantitative estimate of drug-likeness (QED) is 0.0916. The number of hydrogen-bond acceptors (Lipinski definition) is 8. The molecule has 0 aliphatic carbocycles. The Morgan fingerprint density at radius 2 is 1.10 bits per heavy atom. The molecule has 6 rings (SSSR count). The molecule has 0 aliphatic heterocycles. The number of carbonyl (C=O) groups is 2. The third-order valence-corrected chi connectivity index (χ3v) is 9.59. The summed E-state index contributed by atoms with van der Waals surface area (Å²) >= 11 is 4.77. The number of thioether (sulfide) groups is 2. The minimum atomic E-state index is -0.932. The number of rotatable bonds is 8. The number of benzene rings is 5. The van der Waals surface area contributed by atoms with Crippen molar-refractivity contribution in [3.63, 3.8) is 0 Å². The van der Waals surface area contributed by atoms with Crippen molar-refractivity contribution in [3.05, 3.63) is 138 Å². The third kappa shape index (κ3) is 9.05. The molecule has 0 atom stereocenters. The molecule has 0 aliphatic rings. The van der Waals surface area contributed by atoms with Crippen LogP contribution in [0.4, 0.5) is 31.5 Å². The van der Waals surface area contributed by atoms with Crippen molar-refractivity contribution in [3.8, 4) is 21.6 Å². The lowest BCUT2D eigenvalue weighted by atomic mass is 10.0. The van der Waals surface area contributed by atoms with Gasteiger partial charge in [0.15, 0.2) is 11.6 Å². The Morgan fingerprint density at radius 1 is 0.633 bits per heavy atom. The summed E-state index contributed by atoms with van der Waals surface area (Å²) in [7, 11) is 0. The minimum absolute atomic E-state index is 0.175. The van der Waals surface area contributed by atoms with Gasteiger partial charge >= 0.3 is 0 Å². The molecule has 248 valence electrons. The summed E-state index contributed by atoms with van der Waals surface area (Å²) in [5.74, 6) is -2.32. The summed E-state index contributed by atoms with van der Waals surface area (Å²) in [5.41, 5.74) is 18.8. The molecule has 5 aromatic carbocycles. The zero-order chi connectivity index (χ0) is 34.9. The summed E-state index contributed by atoms with van der Waals surface area (Å²) < 4.78 is 26.6. The molecule has 0 bridgehead atoms. The first-order valence-electron chi connectivity index (χ1n) is 14.7. The van der Waals surface area contributed by atoms with Gasteiger partial charge in [0.2, 0.25) is 0 Å². The van der Waals surface area contributed by atoms with Crippen molar-refractivity contribution in [2.75, 3.05) is 34.6 Å². The van der Waals surface area contributed by atoms with Crippen molar-refractivity contribution in [2.45, 2.75) is 9.79 Å². The second kappa shape index (κ2) is 16.3. The van der Waals surface area contributed by atoms with Crippen molar-refractivity contribution in [2.24, 2.45) is 0 Å². The van der Waals surface area contributed by atoms with E-state index in [1.54, 1.807) is 83.0 Å². The van der Waals surface area contributed by atoms with Gasteiger partial charge in [-0.15, -0.1) is 34.9 Å². The maximum Gasteiger partial charge on any atom is 0.255 e. The molecule has 2 amide bonds. The highest BCUT2D eigenvalue weighted by Crippen LogP contribution is 2.31. The van der Waals surface area contributed by atoms with Crippen LogP contribution in [-0.4, -0.2) is 29.3 Å². The molecular formula is C37H31F2N5O2S3. The van der Waals surface area contributed by atoms with Crippen LogP contribution in [0.5, 0.6) is 0 Å². The average Bonchev–Trinajstić information content (AvgIpc) is 3.67. The van der Waals surface area contributed by atoms with Gasteiger partial charge in [-0.3, -0.25) is 14.6 Å². The number of halogens is 2. The molecule has 49 heavy (non-hydrogen) atoms. The Hall–Kier alpha value is -5.17. The number of thiazole rings is 1. The molecule has 0 saturated heterocycles. The fraction of sp³-hybridized carbons (Fsp3) is 0.0541. The third-order valence-electron chi connectivity index (χ3n) is 7.28. The number of nitrogens with one attached hydrogen (secondary N) is 2. The Morgan fingerprint density at radius 3 is 1.57 bits per heavy atom. The molecule has 0 fully saturated rings. The van der Waals surface area contributed by atoms with Crippen molar-refractivity contribution < 1.29 is 18.4 Å². The maximum absolute atomic E-state index is 13.5. The number of anilines is 4. The van der Waals surface area contributed by atoms with Crippen LogP contribution in [0.2, 0.25) is 0 Å². The molecule has 6 aromatic rings. The number of nitrogen functional groups attached to an aromatic ring is 2. The van der Waals surface area contributed by atoms with Crippen LogP contribution < -0.4 is 22.1 Å². The number of carbonyl (C=O) groups excluding carboxylic acids is 2. The summed E-state index contributed by atoms with van der Waals surface area (Å²) in [5, 5.41) is 5.64. The van der Waals surface area contributed by atoms with E-state index in [2.05, 4.69) is 15.6 Å². The Kier molecular flexibility index (Phi) is 11.7. The summed E-state index contributed by atoms with van der Waals surface area (Å²) in [6, 6.07) is 28.8. The van der Waals surface area contributed by atoms with Gasteiger partial charge < -0.3 is 22.1 Å². The van der Waals surface area contributed by atoms with E-state index in [1.165, 1.54) is 6.07 Å². The maximum atomic E-state index is 13.5. The van der Waals surface area contributed by atoms with Gasteiger partial charge in [-0.1, -0.05) is 18.2 Å². The highest BCUT2D eigenvalue weighted by Gasteiger charge is 2.12. The monoisotopic (exact) mass is 711 g/mol. The SMILES string of the molecule is CSc1ccc(C(=O)Nc2cc(-c3ccc(F)c(F)c3)ccc2N)cc1.CSc1ccc(C(=O)Nc2cc(-c3cncs3)ccc2N)cc1. The van der Waals surface area contributed by atoms with Gasteiger partial charge in [0.25, 0.3) is 11.8 Å². The van der Waals surface area contributed by atoms with Crippen LogP contribution in [0, 0.1) is 11.6 Å². The number of hydrogen-bond donors (Lipinski definition) is 4. The van der Waals surface area contributed by atoms with Crippen molar-refractivity contribution in [1.29, 1.82) is 0 Å². The van der Waals surface area contributed by atoms with E-state index in [0.29, 0.717) is 45.0 Å². The zero-order valence-corrected chi connectivity index (χ0v) is 28.8. The van der Waals surface area contributed by atoms with Gasteiger partial charge in [-0.25, -0.2) is 8.78 Å². The van der Waals surface area contributed by atoms with Crippen LogP contribution >= 0.6 is 34.9 Å². The van der Waals surface area contributed by atoms with E-state index in [1.807, 2.05) is 61.0 Å². The topological polar surface area (TPSA) is 123 Å². The van der Waals surface area contributed by atoms with Gasteiger partial charge in [0, 0.05) is 27.1 Å². The molecule has 0 saturated carbocycles. The van der Waals surface area contributed by atoms with Gasteiger partial charge in [-0.05, 0) is 114 Å². The highest BCUT2D eigenvalue weighted by atomic mass is 32.2. The number of amides is 2. The van der Waals surface area contributed by atoms with Crippen molar-refractivity contribution >= 4 is 69.4 Å². The second-order valence-corrected chi connectivity index (χ2v) is 13.1. The van der Waals surface area contributed by atoms with Crippen molar-refractivity contribution in [1.82, 2.24) is 4.98 Å². The van der Waals surface area contributed by atoms with Crippen LogP contribution in [-0.2, 0) is 0 Å². The van der Waals surface area contributed by atoms with Crippen LogP contribution in [0.25, 0.3) is 21.6 Å². The fourth-order valence-corrected chi connectivity index (χ4v) is 6.01. The first-order chi connectivity index (χ1) is 23.6. The minimum Gasteiger partial charge on any atom is -0.397 e. The molecule has 1 heterocycles. The molecule has 0 radical (unpaired) electrons. The Balaban J connectivity index is 0.000000192. The van der Waals surface area contributed by atoms with E-state index in [9.17, 15) is 18.4 Å². The average molecular weight is 712 g/mol.